The zero-order valence-electron chi connectivity index (χ0n) is 19.9. The zero-order chi connectivity index (χ0) is 24.7. The summed E-state index contributed by atoms with van der Waals surface area (Å²) in [7, 11) is 0.660. The Hall–Kier alpha value is -3.36. The van der Waals surface area contributed by atoms with Crippen molar-refractivity contribution in [1.29, 1.82) is 0 Å². The molecule has 0 radical (unpaired) electrons. The molecule has 0 spiro atoms. The lowest BCUT2D eigenvalue weighted by Crippen LogP contribution is -2.31. The normalized spacial score (nSPS) is 11.3. The van der Waals surface area contributed by atoms with Crippen molar-refractivity contribution in [3.63, 3.8) is 0 Å². The molecule has 0 saturated heterocycles. The first-order valence-corrected chi connectivity index (χ1v) is 12.3. The van der Waals surface area contributed by atoms with E-state index in [2.05, 4.69) is 0 Å². The lowest BCUT2D eigenvalue weighted by Gasteiger charge is -2.21. The van der Waals surface area contributed by atoms with Crippen LogP contribution in [0.1, 0.15) is 21.5 Å². The second kappa shape index (κ2) is 11.2. The molecule has 8 heteroatoms. The number of aryl methyl sites for hydroxylation is 1. The molecular formula is C26H30N2O5S. The summed E-state index contributed by atoms with van der Waals surface area (Å²) in [6.45, 7) is 2.81. The van der Waals surface area contributed by atoms with Gasteiger partial charge in [-0.2, -0.15) is 4.31 Å². The third-order valence-electron chi connectivity index (χ3n) is 5.47. The largest absolute Gasteiger partial charge is 0.495 e. The van der Waals surface area contributed by atoms with Gasteiger partial charge in [0, 0.05) is 26.2 Å². The number of para-hydroxylation sites is 1. The molecular weight excluding hydrogens is 452 g/mol. The number of methoxy groups -OCH3 is 1. The highest BCUT2D eigenvalue weighted by Gasteiger charge is 2.27. The Balaban J connectivity index is 1.75. The number of carbonyl (C=O) groups is 1. The number of hydrogen-bond acceptors (Lipinski definition) is 5. The van der Waals surface area contributed by atoms with Gasteiger partial charge in [-0.3, -0.25) is 4.79 Å². The summed E-state index contributed by atoms with van der Waals surface area (Å²) in [5.74, 6) is 0.642. The number of sulfonamides is 1. The van der Waals surface area contributed by atoms with E-state index in [4.69, 9.17) is 9.47 Å². The van der Waals surface area contributed by atoms with Crippen LogP contribution in [0.3, 0.4) is 0 Å². The summed E-state index contributed by atoms with van der Waals surface area (Å²) in [6, 6.07) is 21.4. The molecule has 0 atom stereocenters. The second-order valence-corrected chi connectivity index (χ2v) is 9.97. The molecule has 0 aromatic heterocycles. The minimum Gasteiger partial charge on any atom is -0.495 e. The van der Waals surface area contributed by atoms with Gasteiger partial charge < -0.3 is 14.4 Å². The van der Waals surface area contributed by atoms with E-state index < -0.39 is 10.0 Å². The van der Waals surface area contributed by atoms with E-state index in [9.17, 15) is 13.2 Å². The van der Waals surface area contributed by atoms with Crippen LogP contribution >= 0.6 is 0 Å². The number of nitrogens with zero attached hydrogens (tertiary/aromatic N) is 2. The summed E-state index contributed by atoms with van der Waals surface area (Å²) in [4.78, 5) is 14.5. The predicted molar refractivity (Wildman–Crippen MR) is 132 cm³/mol. The molecule has 180 valence electrons. The van der Waals surface area contributed by atoms with E-state index in [0.717, 1.165) is 16.9 Å². The Morgan fingerprint density at radius 3 is 2.26 bits per heavy atom. The molecule has 0 bridgehead atoms. The number of carbonyl (C=O) groups excluding carboxylic acids is 1. The molecule has 34 heavy (non-hydrogen) atoms. The van der Waals surface area contributed by atoms with Crippen molar-refractivity contribution in [2.45, 2.75) is 18.4 Å². The topological polar surface area (TPSA) is 76.1 Å². The minimum absolute atomic E-state index is 0.0520. The van der Waals surface area contributed by atoms with Gasteiger partial charge in [0.1, 0.15) is 23.0 Å². The summed E-state index contributed by atoms with van der Waals surface area (Å²) < 4.78 is 39.0. The third-order valence-corrected chi connectivity index (χ3v) is 7.30. The van der Waals surface area contributed by atoms with Gasteiger partial charge in [-0.1, -0.05) is 48.5 Å². The molecule has 0 unspecified atom stereocenters. The van der Waals surface area contributed by atoms with Crippen molar-refractivity contribution in [3.8, 4) is 11.5 Å². The Morgan fingerprint density at radius 2 is 1.59 bits per heavy atom. The maximum Gasteiger partial charge on any atom is 0.253 e. The number of rotatable bonds is 10. The van der Waals surface area contributed by atoms with E-state index in [0.29, 0.717) is 13.2 Å². The van der Waals surface area contributed by atoms with E-state index in [1.54, 1.807) is 13.1 Å². The van der Waals surface area contributed by atoms with Crippen molar-refractivity contribution >= 4 is 15.9 Å². The van der Waals surface area contributed by atoms with Gasteiger partial charge in [-0.15, -0.1) is 0 Å². The fourth-order valence-electron chi connectivity index (χ4n) is 3.44. The van der Waals surface area contributed by atoms with Gasteiger partial charge in [-0.05, 0) is 42.3 Å². The first-order valence-electron chi connectivity index (χ1n) is 10.9. The molecule has 7 nitrogen and oxygen atoms in total. The zero-order valence-corrected chi connectivity index (χ0v) is 20.7. The highest BCUT2D eigenvalue weighted by Crippen LogP contribution is 2.28. The van der Waals surface area contributed by atoms with Crippen molar-refractivity contribution < 1.29 is 22.7 Å². The summed E-state index contributed by atoms with van der Waals surface area (Å²) in [5.41, 5.74) is 2.13. The monoisotopic (exact) mass is 482 g/mol. The number of amides is 1. The Bertz CT molecular complexity index is 1230. The van der Waals surface area contributed by atoms with Gasteiger partial charge >= 0.3 is 0 Å². The minimum atomic E-state index is -3.91. The van der Waals surface area contributed by atoms with Crippen molar-refractivity contribution in [1.82, 2.24) is 9.21 Å². The fraction of sp³-hybridized carbons (Fsp3) is 0.269. The lowest BCUT2D eigenvalue weighted by atomic mass is 10.2. The maximum atomic E-state index is 13.3. The molecule has 0 N–H and O–H groups in total. The van der Waals surface area contributed by atoms with Crippen LogP contribution in [-0.4, -0.2) is 57.9 Å². The van der Waals surface area contributed by atoms with Crippen LogP contribution in [0, 0.1) is 6.92 Å². The quantitative estimate of drug-likeness (QED) is 0.437. The van der Waals surface area contributed by atoms with Gasteiger partial charge in [0.25, 0.3) is 5.91 Å². The smallest absolute Gasteiger partial charge is 0.253 e. The fourth-order valence-corrected chi connectivity index (χ4v) is 4.77. The van der Waals surface area contributed by atoms with Crippen LogP contribution < -0.4 is 9.47 Å². The second-order valence-electron chi connectivity index (χ2n) is 7.95. The lowest BCUT2D eigenvalue weighted by molar-refractivity contribution is 0.0773. The highest BCUT2D eigenvalue weighted by molar-refractivity contribution is 7.89. The Morgan fingerprint density at radius 1 is 0.912 bits per heavy atom. The highest BCUT2D eigenvalue weighted by atomic mass is 32.2. The van der Waals surface area contributed by atoms with Crippen molar-refractivity contribution in [3.05, 3.63) is 89.5 Å². The van der Waals surface area contributed by atoms with E-state index >= 15 is 0 Å². The number of benzene rings is 3. The van der Waals surface area contributed by atoms with Crippen LogP contribution in [-0.2, 0) is 16.6 Å². The van der Waals surface area contributed by atoms with Crippen molar-refractivity contribution in [2.24, 2.45) is 0 Å². The first kappa shape index (κ1) is 25.3. The Labute approximate surface area is 201 Å². The SMILES string of the molecule is COc1ccc(C(=O)N(C)CCOc2ccccc2C)cc1S(=O)(=O)N(C)Cc1ccccc1. The van der Waals surface area contributed by atoms with Crippen LogP contribution in [0.2, 0.25) is 0 Å². The summed E-state index contributed by atoms with van der Waals surface area (Å²) in [5, 5.41) is 0. The summed E-state index contributed by atoms with van der Waals surface area (Å²) >= 11 is 0. The molecule has 3 rings (SSSR count). The predicted octanol–water partition coefficient (Wildman–Crippen LogP) is 3.98. The van der Waals surface area contributed by atoms with Crippen LogP contribution in [0.15, 0.2) is 77.7 Å². The molecule has 0 heterocycles. The van der Waals surface area contributed by atoms with Gasteiger partial charge in [0.15, 0.2) is 0 Å². The van der Waals surface area contributed by atoms with Gasteiger partial charge in [0.05, 0.1) is 13.7 Å². The molecule has 3 aromatic rings. The standard InChI is InChI=1S/C26H30N2O5S/c1-20-10-8-9-13-23(20)33-17-16-27(2)26(29)22-14-15-24(32-4)25(18-22)34(30,31)28(3)19-21-11-6-5-7-12-21/h5-15,18H,16-17,19H2,1-4H3. The molecule has 0 aliphatic heterocycles. The number of likely N-dealkylation sites (N-methyl/N-ethyl adjacent to an activating group) is 1. The average molecular weight is 483 g/mol. The molecule has 0 aliphatic rings. The van der Waals surface area contributed by atoms with Crippen LogP contribution in [0.4, 0.5) is 0 Å². The third kappa shape index (κ3) is 5.95. The van der Waals surface area contributed by atoms with Gasteiger partial charge in [-0.25, -0.2) is 8.42 Å². The van der Waals surface area contributed by atoms with Crippen LogP contribution in [0.25, 0.3) is 0 Å². The number of hydrogen-bond donors (Lipinski definition) is 0. The molecule has 0 aliphatic carbocycles. The molecule has 1 amide bonds. The number of ether oxygens (including phenoxy) is 2. The van der Waals surface area contributed by atoms with Crippen molar-refractivity contribution in [2.75, 3.05) is 34.4 Å². The van der Waals surface area contributed by atoms with E-state index in [-0.39, 0.29) is 28.7 Å². The van der Waals surface area contributed by atoms with Crippen LogP contribution in [0.5, 0.6) is 11.5 Å². The maximum absolute atomic E-state index is 13.3. The Kier molecular flexibility index (Phi) is 8.31. The van der Waals surface area contributed by atoms with E-state index in [1.807, 2.05) is 61.5 Å². The molecule has 3 aromatic carbocycles. The molecule has 0 saturated carbocycles. The average Bonchev–Trinajstić information content (AvgIpc) is 2.84. The first-order chi connectivity index (χ1) is 16.2. The summed E-state index contributed by atoms with van der Waals surface area (Å²) in [6.07, 6.45) is 0. The van der Waals surface area contributed by atoms with E-state index in [1.165, 1.54) is 35.5 Å². The van der Waals surface area contributed by atoms with Gasteiger partial charge in [0.2, 0.25) is 10.0 Å². The molecule has 0 fully saturated rings.